The standard InChI is InChI=1S/C4H2Cl2O4.C4H2O3/c5-1(3(7)8)2(6)4(9)10;5-3-1-2-4(6)7-3/h(H,7,8)(H,9,10);1-2H/b2-1-;. The number of esters is 2. The number of carbonyl (C=O) groups excluding carboxylic acids is 2. The second-order valence-electron chi connectivity index (χ2n) is 2.31. The summed E-state index contributed by atoms with van der Waals surface area (Å²) in [6.45, 7) is 0. The van der Waals surface area contributed by atoms with Crippen LogP contribution in [0.5, 0.6) is 0 Å². The summed E-state index contributed by atoms with van der Waals surface area (Å²) in [6.07, 6.45) is 2.17. The summed E-state index contributed by atoms with van der Waals surface area (Å²) in [5, 5.41) is 14.3. The maximum absolute atomic E-state index is 9.92. The van der Waals surface area contributed by atoms with E-state index in [2.05, 4.69) is 4.74 Å². The fraction of sp³-hybridized carbons (Fsp3) is 0. The van der Waals surface area contributed by atoms with E-state index in [0.29, 0.717) is 0 Å². The van der Waals surface area contributed by atoms with E-state index in [1.165, 1.54) is 0 Å². The van der Waals surface area contributed by atoms with Crippen LogP contribution in [0.2, 0.25) is 0 Å². The number of ether oxygens (including phenoxy) is 1. The van der Waals surface area contributed by atoms with E-state index in [0.717, 1.165) is 12.2 Å². The molecule has 0 unspecified atom stereocenters. The average molecular weight is 283 g/mol. The van der Waals surface area contributed by atoms with Crippen molar-refractivity contribution in [3.8, 4) is 0 Å². The molecule has 9 heteroatoms. The Balaban J connectivity index is 0.000000318. The van der Waals surface area contributed by atoms with Crippen molar-refractivity contribution in [1.82, 2.24) is 0 Å². The smallest absolute Gasteiger partial charge is 0.349 e. The predicted molar refractivity (Wildman–Crippen MR) is 54.2 cm³/mol. The summed E-state index contributed by atoms with van der Waals surface area (Å²) in [7, 11) is 0. The van der Waals surface area contributed by atoms with Crippen LogP contribution in [0.25, 0.3) is 0 Å². The first kappa shape index (κ1) is 15.1. The summed E-state index contributed by atoms with van der Waals surface area (Å²) < 4.78 is 3.97. The number of hydrogen-bond acceptors (Lipinski definition) is 5. The minimum atomic E-state index is -1.56. The summed E-state index contributed by atoms with van der Waals surface area (Å²) in [4.78, 5) is 39.7. The highest BCUT2D eigenvalue weighted by Crippen LogP contribution is 2.13. The van der Waals surface area contributed by atoms with Gasteiger partial charge in [0.05, 0.1) is 0 Å². The van der Waals surface area contributed by atoms with Gasteiger partial charge in [0.2, 0.25) is 0 Å². The molecule has 0 aliphatic carbocycles. The quantitative estimate of drug-likeness (QED) is 0.429. The highest BCUT2D eigenvalue weighted by molar-refractivity contribution is 6.52. The van der Waals surface area contributed by atoms with Crippen molar-refractivity contribution >= 4 is 47.1 Å². The zero-order valence-corrected chi connectivity index (χ0v) is 9.36. The Labute approximate surface area is 104 Å². The Morgan fingerprint density at radius 1 is 0.941 bits per heavy atom. The third-order valence-electron chi connectivity index (χ3n) is 1.12. The molecule has 1 aliphatic rings. The zero-order valence-electron chi connectivity index (χ0n) is 7.85. The van der Waals surface area contributed by atoms with Gasteiger partial charge in [0.1, 0.15) is 0 Å². The van der Waals surface area contributed by atoms with E-state index in [1.807, 2.05) is 0 Å². The molecule has 1 heterocycles. The molecular formula is C8H4Cl2O7. The van der Waals surface area contributed by atoms with Gasteiger partial charge in [0.25, 0.3) is 0 Å². The fourth-order valence-electron chi connectivity index (χ4n) is 0.491. The Morgan fingerprint density at radius 3 is 1.35 bits per heavy atom. The molecule has 7 nitrogen and oxygen atoms in total. The van der Waals surface area contributed by atoms with Crippen molar-refractivity contribution in [3.05, 3.63) is 22.2 Å². The third kappa shape index (κ3) is 5.69. The highest BCUT2D eigenvalue weighted by atomic mass is 35.5. The molecule has 0 fully saturated rings. The summed E-state index contributed by atoms with van der Waals surface area (Å²) in [5.41, 5.74) is 0. The first-order valence-electron chi connectivity index (χ1n) is 3.71. The minimum Gasteiger partial charge on any atom is -0.477 e. The summed E-state index contributed by atoms with van der Waals surface area (Å²) in [6, 6.07) is 0. The van der Waals surface area contributed by atoms with Crippen LogP contribution in [-0.4, -0.2) is 34.1 Å². The van der Waals surface area contributed by atoms with E-state index in [4.69, 9.17) is 33.4 Å². The van der Waals surface area contributed by atoms with Crippen LogP contribution in [-0.2, 0) is 23.9 Å². The molecule has 17 heavy (non-hydrogen) atoms. The topological polar surface area (TPSA) is 118 Å². The number of carbonyl (C=O) groups is 4. The second-order valence-corrected chi connectivity index (χ2v) is 3.07. The van der Waals surface area contributed by atoms with Gasteiger partial charge in [-0.25, -0.2) is 19.2 Å². The maximum Gasteiger partial charge on any atom is 0.349 e. The molecule has 0 aromatic carbocycles. The Hall–Kier alpha value is -1.86. The van der Waals surface area contributed by atoms with Crippen LogP contribution in [0.1, 0.15) is 0 Å². The molecule has 1 rings (SSSR count). The Bertz CT molecular complexity index is 397. The summed E-state index contributed by atoms with van der Waals surface area (Å²) >= 11 is 9.86. The first-order chi connectivity index (χ1) is 7.75. The number of carboxylic acid groups (broad SMARTS) is 2. The largest absolute Gasteiger partial charge is 0.477 e. The van der Waals surface area contributed by atoms with Crippen molar-refractivity contribution in [1.29, 1.82) is 0 Å². The molecule has 0 radical (unpaired) electrons. The third-order valence-corrected chi connectivity index (χ3v) is 1.92. The number of aliphatic carboxylic acids is 2. The van der Waals surface area contributed by atoms with Crippen molar-refractivity contribution in [2.75, 3.05) is 0 Å². The predicted octanol–water partition coefficient (Wildman–Crippen LogP) is 0.471. The molecule has 0 saturated heterocycles. The van der Waals surface area contributed by atoms with Crippen LogP contribution < -0.4 is 0 Å². The molecule has 1 aliphatic heterocycles. The van der Waals surface area contributed by atoms with Crippen molar-refractivity contribution < 1.29 is 34.1 Å². The molecule has 0 saturated carbocycles. The van der Waals surface area contributed by atoms with E-state index in [-0.39, 0.29) is 0 Å². The molecule has 0 aromatic heterocycles. The first-order valence-corrected chi connectivity index (χ1v) is 4.47. The molecule has 2 N–H and O–H groups in total. The van der Waals surface area contributed by atoms with Gasteiger partial charge in [0, 0.05) is 12.2 Å². The lowest BCUT2D eigenvalue weighted by atomic mass is 10.5. The van der Waals surface area contributed by atoms with Crippen LogP contribution >= 0.6 is 23.2 Å². The lowest BCUT2D eigenvalue weighted by Gasteiger charge is -1.90. The van der Waals surface area contributed by atoms with E-state index in [1.54, 1.807) is 0 Å². The zero-order chi connectivity index (χ0) is 13.6. The van der Waals surface area contributed by atoms with Crippen molar-refractivity contribution in [2.45, 2.75) is 0 Å². The van der Waals surface area contributed by atoms with Gasteiger partial charge in [-0.05, 0) is 0 Å². The van der Waals surface area contributed by atoms with Crippen molar-refractivity contribution in [3.63, 3.8) is 0 Å². The molecule has 0 spiro atoms. The number of rotatable bonds is 2. The lowest BCUT2D eigenvalue weighted by molar-refractivity contribution is -0.150. The Kier molecular flexibility index (Phi) is 5.94. The fourth-order valence-corrected chi connectivity index (χ4v) is 0.653. The lowest BCUT2D eigenvalue weighted by Crippen LogP contribution is -2.02. The molecular weight excluding hydrogens is 279 g/mol. The van der Waals surface area contributed by atoms with Gasteiger partial charge in [-0.3, -0.25) is 0 Å². The monoisotopic (exact) mass is 282 g/mol. The molecule has 92 valence electrons. The number of hydrogen-bond donors (Lipinski definition) is 2. The van der Waals surface area contributed by atoms with E-state index < -0.39 is 33.9 Å². The molecule has 0 aromatic rings. The van der Waals surface area contributed by atoms with Crippen LogP contribution in [0.3, 0.4) is 0 Å². The molecule has 0 amide bonds. The van der Waals surface area contributed by atoms with Crippen LogP contribution in [0.15, 0.2) is 22.2 Å². The van der Waals surface area contributed by atoms with Gasteiger partial charge in [-0.1, -0.05) is 23.2 Å². The van der Waals surface area contributed by atoms with Gasteiger partial charge < -0.3 is 14.9 Å². The van der Waals surface area contributed by atoms with Crippen LogP contribution in [0.4, 0.5) is 0 Å². The van der Waals surface area contributed by atoms with Crippen molar-refractivity contribution in [2.24, 2.45) is 0 Å². The van der Waals surface area contributed by atoms with Gasteiger partial charge in [-0.15, -0.1) is 0 Å². The normalized spacial score (nSPS) is 14.5. The second kappa shape index (κ2) is 6.66. The average Bonchev–Trinajstić information content (AvgIpc) is 2.60. The van der Waals surface area contributed by atoms with Gasteiger partial charge in [-0.2, -0.15) is 0 Å². The SMILES string of the molecule is O=C(O)/C(Cl)=C(/Cl)C(=O)O.O=C1C=CC(=O)O1. The molecule has 0 bridgehead atoms. The van der Waals surface area contributed by atoms with Gasteiger partial charge in [0.15, 0.2) is 10.1 Å². The summed E-state index contributed by atoms with van der Waals surface area (Å²) in [5.74, 6) is -4.28. The van der Waals surface area contributed by atoms with E-state index in [9.17, 15) is 19.2 Å². The Morgan fingerprint density at radius 2 is 1.24 bits per heavy atom. The number of halogens is 2. The highest BCUT2D eigenvalue weighted by Gasteiger charge is 2.15. The number of carboxylic acids is 2. The van der Waals surface area contributed by atoms with Crippen LogP contribution in [0, 0.1) is 0 Å². The molecule has 0 atom stereocenters. The maximum atomic E-state index is 9.92. The van der Waals surface area contributed by atoms with E-state index >= 15 is 0 Å². The number of cyclic esters (lactones) is 2. The van der Waals surface area contributed by atoms with Gasteiger partial charge >= 0.3 is 23.9 Å². The minimum absolute atomic E-state index is 0.579.